The van der Waals surface area contributed by atoms with Crippen molar-refractivity contribution in [3.8, 4) is 0 Å². The number of alkyl halides is 9. The van der Waals surface area contributed by atoms with Gasteiger partial charge >= 0.3 is 33.4 Å². The molecule has 2 aromatic carbocycles. The number of amides is 2. The lowest BCUT2D eigenvalue weighted by Gasteiger charge is -2.33. The molecule has 6 nitrogen and oxygen atoms in total. The van der Waals surface area contributed by atoms with Gasteiger partial charge in [0.15, 0.2) is 0 Å². The minimum atomic E-state index is -7.59. The van der Waals surface area contributed by atoms with E-state index >= 15 is 0 Å². The van der Waals surface area contributed by atoms with Gasteiger partial charge in [0.05, 0.1) is 11.1 Å². The summed E-state index contributed by atoms with van der Waals surface area (Å²) in [4.78, 5) is 25.4. The Hall–Kier alpha value is -2.88. The molecule has 0 bridgehead atoms. The van der Waals surface area contributed by atoms with Crippen molar-refractivity contribution in [2.45, 2.75) is 49.5 Å². The summed E-state index contributed by atoms with van der Waals surface area (Å²) < 4.78 is 146. The van der Waals surface area contributed by atoms with Gasteiger partial charge in [-0.1, -0.05) is 31.5 Å². The van der Waals surface area contributed by atoms with Crippen LogP contribution in [0.4, 0.5) is 39.5 Å². The number of nitrogens with zero attached hydrogens (tertiary/aromatic N) is 1. The molecule has 0 spiro atoms. The van der Waals surface area contributed by atoms with Gasteiger partial charge in [-0.2, -0.15) is 47.9 Å². The van der Waals surface area contributed by atoms with Crippen LogP contribution < -0.4 is 0 Å². The summed E-state index contributed by atoms with van der Waals surface area (Å²) >= 11 is 0. The van der Waals surface area contributed by atoms with E-state index in [1.165, 1.54) is 18.2 Å². The summed E-state index contributed by atoms with van der Waals surface area (Å²) in [6.45, 7) is 1.89. The van der Waals surface area contributed by atoms with Gasteiger partial charge < -0.3 is 0 Å². The molecule has 0 N–H and O–H groups in total. The fraction of sp³-hybridized carbons (Fsp3) is 0.400. The van der Waals surface area contributed by atoms with E-state index in [4.69, 9.17) is 0 Å². The van der Waals surface area contributed by atoms with E-state index in [1.807, 2.05) is 6.92 Å². The van der Waals surface area contributed by atoms with Crippen molar-refractivity contribution < 1.29 is 61.8 Å². The van der Waals surface area contributed by atoms with Crippen LogP contribution >= 0.6 is 0 Å². The first kappa shape index (κ1) is 27.7. The molecule has 2 amide bonds. The number of hydrogen-bond acceptors (Lipinski definition) is 5. The van der Waals surface area contributed by atoms with Gasteiger partial charge in [0.25, 0.3) is 11.8 Å². The van der Waals surface area contributed by atoms with Crippen molar-refractivity contribution in [3.63, 3.8) is 0 Å². The molecule has 36 heavy (non-hydrogen) atoms. The third kappa shape index (κ3) is 3.90. The van der Waals surface area contributed by atoms with Crippen LogP contribution in [0.1, 0.15) is 46.0 Å². The van der Waals surface area contributed by atoms with E-state index < -0.39 is 61.4 Å². The quantitative estimate of drug-likeness (QED) is 0.321. The number of halogens is 9. The molecule has 0 fully saturated rings. The Bertz CT molecular complexity index is 1320. The lowest BCUT2D eigenvalue weighted by molar-refractivity contribution is -0.383. The molecular formula is C20H14F9NO5S. The zero-order chi connectivity index (χ0) is 27.5. The highest BCUT2D eigenvalue weighted by Crippen LogP contribution is 2.55. The SMILES string of the molecule is CCCCc1ccc2c3c(cccc13)C(=O)N(OS(=O)(=O)C(F)(F)C(F)(F)C(F)(F)C(F)(F)F)C2=O. The van der Waals surface area contributed by atoms with Crippen LogP contribution in [0.15, 0.2) is 30.3 Å². The van der Waals surface area contributed by atoms with Gasteiger partial charge in [0, 0.05) is 5.39 Å². The van der Waals surface area contributed by atoms with E-state index in [0.29, 0.717) is 23.8 Å². The lowest BCUT2D eigenvalue weighted by Crippen LogP contribution is -2.64. The van der Waals surface area contributed by atoms with Crippen molar-refractivity contribution in [1.29, 1.82) is 0 Å². The van der Waals surface area contributed by atoms with Crippen LogP contribution in [0.25, 0.3) is 10.8 Å². The van der Waals surface area contributed by atoms with E-state index in [-0.39, 0.29) is 5.39 Å². The zero-order valence-electron chi connectivity index (χ0n) is 17.8. The van der Waals surface area contributed by atoms with Crippen LogP contribution in [-0.4, -0.2) is 48.6 Å². The molecule has 3 rings (SSSR count). The van der Waals surface area contributed by atoms with Gasteiger partial charge in [0.1, 0.15) is 0 Å². The van der Waals surface area contributed by atoms with E-state index in [2.05, 4.69) is 4.28 Å². The van der Waals surface area contributed by atoms with Crippen LogP contribution in [0, 0.1) is 0 Å². The Morgan fingerprint density at radius 1 is 0.833 bits per heavy atom. The summed E-state index contributed by atoms with van der Waals surface area (Å²) in [5.74, 6) is -18.6. The lowest BCUT2D eigenvalue weighted by atomic mass is 9.90. The summed E-state index contributed by atoms with van der Waals surface area (Å²) in [6, 6.07) is 6.24. The molecule has 198 valence electrons. The monoisotopic (exact) mass is 551 g/mol. The Morgan fingerprint density at radius 2 is 1.39 bits per heavy atom. The van der Waals surface area contributed by atoms with Crippen LogP contribution in [-0.2, 0) is 20.8 Å². The molecule has 0 aromatic heterocycles. The molecule has 0 saturated heterocycles. The number of rotatable bonds is 8. The van der Waals surface area contributed by atoms with Gasteiger partial charge in [0.2, 0.25) is 0 Å². The van der Waals surface area contributed by atoms with E-state index in [0.717, 1.165) is 18.6 Å². The first-order valence-corrected chi connectivity index (χ1v) is 11.3. The number of unbranched alkanes of at least 4 members (excludes halogenated alkanes) is 1. The third-order valence-corrected chi connectivity index (χ3v) is 6.59. The fourth-order valence-electron chi connectivity index (χ4n) is 3.45. The predicted molar refractivity (Wildman–Crippen MR) is 104 cm³/mol. The Kier molecular flexibility index (Phi) is 6.62. The second kappa shape index (κ2) is 8.61. The predicted octanol–water partition coefficient (Wildman–Crippen LogP) is 5.47. The molecule has 16 heteroatoms. The van der Waals surface area contributed by atoms with Gasteiger partial charge in [-0.05, 0) is 35.9 Å². The maximum atomic E-state index is 14.0. The normalized spacial score (nSPS) is 15.7. The van der Waals surface area contributed by atoms with Crippen LogP contribution in [0.5, 0.6) is 0 Å². The Morgan fingerprint density at radius 3 is 1.92 bits per heavy atom. The van der Waals surface area contributed by atoms with Crippen molar-refractivity contribution >= 4 is 32.7 Å². The first-order chi connectivity index (χ1) is 16.3. The highest BCUT2D eigenvalue weighted by Gasteiger charge is 2.86. The molecule has 1 aliphatic heterocycles. The number of aryl methyl sites for hydroxylation is 1. The molecule has 0 unspecified atom stereocenters. The molecular weight excluding hydrogens is 537 g/mol. The summed E-state index contributed by atoms with van der Waals surface area (Å²) in [5, 5.41) is -7.84. The van der Waals surface area contributed by atoms with Crippen molar-refractivity contribution in [2.75, 3.05) is 0 Å². The molecule has 0 atom stereocenters. The van der Waals surface area contributed by atoms with Gasteiger partial charge in [-0.15, -0.1) is 9.35 Å². The maximum Gasteiger partial charge on any atom is 0.460 e. The molecule has 2 aromatic rings. The second-order valence-electron chi connectivity index (χ2n) is 7.70. The van der Waals surface area contributed by atoms with Crippen molar-refractivity contribution in [1.82, 2.24) is 5.06 Å². The topological polar surface area (TPSA) is 80.8 Å². The number of hydrogen-bond donors (Lipinski definition) is 0. The number of carbonyl (C=O) groups excluding carboxylic acids is 2. The highest BCUT2D eigenvalue weighted by atomic mass is 32.2. The average molecular weight is 551 g/mol. The number of carbonyl (C=O) groups is 2. The maximum absolute atomic E-state index is 14.0. The van der Waals surface area contributed by atoms with E-state index in [9.17, 15) is 57.5 Å². The van der Waals surface area contributed by atoms with Crippen molar-refractivity contribution in [3.05, 3.63) is 47.0 Å². The molecule has 0 aliphatic carbocycles. The zero-order valence-corrected chi connectivity index (χ0v) is 18.6. The Balaban J connectivity index is 2.06. The minimum absolute atomic E-state index is 0.0426. The largest absolute Gasteiger partial charge is 0.460 e. The summed E-state index contributed by atoms with van der Waals surface area (Å²) in [6.07, 6.45) is -5.34. The highest BCUT2D eigenvalue weighted by molar-refractivity contribution is 7.87. The number of benzene rings is 2. The smallest absolute Gasteiger partial charge is 0.266 e. The second-order valence-corrected chi connectivity index (χ2v) is 9.27. The fourth-order valence-corrected chi connectivity index (χ4v) is 4.32. The molecule has 1 aliphatic rings. The molecule has 1 heterocycles. The number of imide groups is 1. The van der Waals surface area contributed by atoms with Gasteiger partial charge in [-0.3, -0.25) is 9.59 Å². The summed E-state index contributed by atoms with van der Waals surface area (Å²) in [7, 11) is -7.50. The van der Waals surface area contributed by atoms with Gasteiger partial charge in [-0.25, -0.2) is 0 Å². The Labute approximate surface area is 196 Å². The molecule has 0 saturated carbocycles. The average Bonchev–Trinajstić information content (AvgIpc) is 2.77. The molecule has 0 radical (unpaired) electrons. The standard InChI is InChI=1S/C20H14F9NO5S/c1-2-3-5-10-8-9-13-14-11(10)6-4-7-12(14)15(31)30(16(13)32)35-36(33,34)20(28,29)18(23,24)17(21,22)19(25,26)27/h4,6-9H,2-3,5H2,1H3. The van der Waals surface area contributed by atoms with Crippen molar-refractivity contribution in [2.24, 2.45) is 0 Å². The summed E-state index contributed by atoms with van der Waals surface area (Å²) in [5.41, 5.74) is -0.335. The van der Waals surface area contributed by atoms with Crippen LogP contribution in [0.3, 0.4) is 0 Å². The van der Waals surface area contributed by atoms with E-state index in [1.54, 1.807) is 0 Å². The first-order valence-electron chi connectivity index (χ1n) is 9.91. The number of hydroxylamine groups is 2. The van der Waals surface area contributed by atoms with Crippen LogP contribution in [0.2, 0.25) is 0 Å². The minimum Gasteiger partial charge on any atom is -0.266 e. The third-order valence-electron chi connectivity index (χ3n) is 5.36.